The SMILES string of the molecule is Cc1cc(S(=O)(=O)Nc2ccc3c(c2)CN(CC(F)F)C3)sc1Br. The molecular weight excluding hydrogens is 422 g/mol. The summed E-state index contributed by atoms with van der Waals surface area (Å²) < 4.78 is 53.4. The molecule has 2 heterocycles. The van der Waals surface area contributed by atoms with Gasteiger partial charge in [0.2, 0.25) is 0 Å². The molecule has 2 aromatic rings. The number of aryl methyl sites for hydroxylation is 1. The maximum Gasteiger partial charge on any atom is 0.271 e. The van der Waals surface area contributed by atoms with Crippen LogP contribution in [0.1, 0.15) is 16.7 Å². The van der Waals surface area contributed by atoms with Crippen LogP contribution in [0.5, 0.6) is 0 Å². The second-order valence-corrected chi connectivity index (χ2v) is 9.95. The molecule has 0 spiro atoms. The summed E-state index contributed by atoms with van der Waals surface area (Å²) in [5, 5.41) is 0. The average molecular weight is 437 g/mol. The molecule has 0 atom stereocenters. The molecule has 0 radical (unpaired) electrons. The highest BCUT2D eigenvalue weighted by Gasteiger charge is 2.23. The standard InChI is InChI=1S/C15H15BrF2N2O2S2/c1-9-4-14(23-15(9)16)24(21,22)19-12-3-2-10-6-20(8-13(17)18)7-11(10)5-12/h2-5,13,19H,6-8H2,1H3. The van der Waals surface area contributed by atoms with Crippen molar-refractivity contribution in [2.24, 2.45) is 0 Å². The highest BCUT2D eigenvalue weighted by molar-refractivity contribution is 9.11. The summed E-state index contributed by atoms with van der Waals surface area (Å²) in [4.78, 5) is 1.65. The fourth-order valence-corrected chi connectivity index (χ4v) is 5.90. The molecule has 0 saturated carbocycles. The number of hydrogen-bond acceptors (Lipinski definition) is 4. The number of fused-ring (bicyclic) bond motifs is 1. The molecule has 1 N–H and O–H groups in total. The minimum atomic E-state index is -3.66. The first kappa shape index (κ1) is 17.8. The Hall–Kier alpha value is -1.03. The third-order valence-corrected chi connectivity index (χ3v) is 7.73. The van der Waals surface area contributed by atoms with E-state index in [1.165, 1.54) is 0 Å². The van der Waals surface area contributed by atoms with Crippen molar-refractivity contribution in [3.05, 3.63) is 44.7 Å². The van der Waals surface area contributed by atoms with Crippen LogP contribution in [0.25, 0.3) is 0 Å². The third-order valence-electron chi connectivity index (χ3n) is 3.74. The largest absolute Gasteiger partial charge is 0.289 e. The molecular formula is C15H15BrF2N2O2S2. The van der Waals surface area contributed by atoms with Gasteiger partial charge in [-0.25, -0.2) is 17.2 Å². The van der Waals surface area contributed by atoms with E-state index in [-0.39, 0.29) is 10.8 Å². The summed E-state index contributed by atoms with van der Waals surface area (Å²) in [5.41, 5.74) is 3.12. The van der Waals surface area contributed by atoms with E-state index in [4.69, 9.17) is 0 Å². The van der Waals surface area contributed by atoms with Crippen molar-refractivity contribution in [2.45, 2.75) is 30.6 Å². The van der Waals surface area contributed by atoms with E-state index in [0.717, 1.165) is 31.8 Å². The monoisotopic (exact) mass is 436 g/mol. The van der Waals surface area contributed by atoms with E-state index < -0.39 is 16.4 Å². The van der Waals surface area contributed by atoms with E-state index in [1.54, 1.807) is 29.2 Å². The Kier molecular flexibility index (Phi) is 4.96. The lowest BCUT2D eigenvalue weighted by Crippen LogP contribution is -2.22. The summed E-state index contributed by atoms with van der Waals surface area (Å²) in [6.07, 6.45) is -2.38. The van der Waals surface area contributed by atoms with Crippen molar-refractivity contribution in [1.29, 1.82) is 0 Å². The molecule has 0 bridgehead atoms. The Morgan fingerprint density at radius 3 is 2.62 bits per heavy atom. The first-order chi connectivity index (χ1) is 11.2. The van der Waals surface area contributed by atoms with Gasteiger partial charge < -0.3 is 0 Å². The molecule has 130 valence electrons. The summed E-state index contributed by atoms with van der Waals surface area (Å²) in [5.74, 6) is 0. The quantitative estimate of drug-likeness (QED) is 0.763. The van der Waals surface area contributed by atoms with E-state index in [1.807, 2.05) is 6.92 Å². The topological polar surface area (TPSA) is 49.4 Å². The Bertz CT molecular complexity index is 849. The van der Waals surface area contributed by atoms with Gasteiger partial charge in [0, 0.05) is 18.8 Å². The van der Waals surface area contributed by atoms with Gasteiger partial charge >= 0.3 is 0 Å². The van der Waals surface area contributed by atoms with Gasteiger partial charge in [-0.2, -0.15) is 0 Å². The second-order valence-electron chi connectivity index (χ2n) is 5.67. The van der Waals surface area contributed by atoms with Crippen molar-refractivity contribution < 1.29 is 17.2 Å². The molecule has 24 heavy (non-hydrogen) atoms. The Morgan fingerprint density at radius 2 is 2.00 bits per heavy atom. The molecule has 1 aromatic heterocycles. The molecule has 4 nitrogen and oxygen atoms in total. The number of hydrogen-bond donors (Lipinski definition) is 1. The van der Waals surface area contributed by atoms with Crippen LogP contribution in [0.3, 0.4) is 0 Å². The Labute approximate surface area is 151 Å². The summed E-state index contributed by atoms with van der Waals surface area (Å²) >= 11 is 4.47. The van der Waals surface area contributed by atoms with Crippen molar-refractivity contribution in [3.8, 4) is 0 Å². The molecule has 0 amide bonds. The summed E-state index contributed by atoms with van der Waals surface area (Å²) in [6, 6.07) is 6.77. The molecule has 0 unspecified atom stereocenters. The van der Waals surface area contributed by atoms with E-state index >= 15 is 0 Å². The van der Waals surface area contributed by atoms with Crippen LogP contribution in [-0.2, 0) is 23.1 Å². The Balaban J connectivity index is 1.78. The normalized spacial score (nSPS) is 15.0. The predicted octanol–water partition coefficient (Wildman–Crippen LogP) is 4.20. The zero-order chi connectivity index (χ0) is 17.5. The average Bonchev–Trinajstić information content (AvgIpc) is 3.01. The number of rotatable bonds is 5. The minimum Gasteiger partial charge on any atom is -0.289 e. The van der Waals surface area contributed by atoms with Crippen molar-refractivity contribution in [2.75, 3.05) is 11.3 Å². The number of alkyl halides is 2. The minimum absolute atomic E-state index is 0.228. The summed E-state index contributed by atoms with van der Waals surface area (Å²) in [7, 11) is -3.66. The van der Waals surface area contributed by atoms with Gasteiger partial charge in [0.05, 0.1) is 10.3 Å². The lowest BCUT2D eigenvalue weighted by Gasteiger charge is -2.12. The highest BCUT2D eigenvalue weighted by atomic mass is 79.9. The maximum atomic E-state index is 12.5. The fraction of sp³-hybridized carbons (Fsp3) is 0.333. The molecule has 3 rings (SSSR count). The first-order valence-corrected chi connectivity index (χ1v) is 10.2. The van der Waals surface area contributed by atoms with Crippen LogP contribution >= 0.6 is 27.3 Å². The van der Waals surface area contributed by atoms with Crippen LogP contribution in [0, 0.1) is 6.92 Å². The predicted molar refractivity (Wildman–Crippen MR) is 94.1 cm³/mol. The molecule has 0 aliphatic carbocycles. The fourth-order valence-electron chi connectivity index (χ4n) is 2.62. The van der Waals surface area contributed by atoms with Gasteiger partial charge in [-0.3, -0.25) is 9.62 Å². The molecule has 1 aliphatic heterocycles. The van der Waals surface area contributed by atoms with Gasteiger partial charge in [-0.15, -0.1) is 11.3 Å². The van der Waals surface area contributed by atoms with Crippen LogP contribution < -0.4 is 4.72 Å². The molecule has 0 saturated heterocycles. The van der Waals surface area contributed by atoms with E-state index in [9.17, 15) is 17.2 Å². The van der Waals surface area contributed by atoms with Crippen LogP contribution in [0.4, 0.5) is 14.5 Å². The van der Waals surface area contributed by atoms with Gasteiger partial charge in [-0.1, -0.05) is 6.07 Å². The number of anilines is 1. The number of sulfonamides is 1. The number of thiophene rings is 1. The van der Waals surface area contributed by atoms with Crippen molar-refractivity contribution in [1.82, 2.24) is 4.90 Å². The van der Waals surface area contributed by atoms with Gasteiger partial charge in [0.15, 0.2) is 0 Å². The zero-order valence-electron chi connectivity index (χ0n) is 12.7. The number of benzene rings is 1. The first-order valence-electron chi connectivity index (χ1n) is 7.15. The van der Waals surface area contributed by atoms with Crippen molar-refractivity contribution >= 4 is 43.0 Å². The van der Waals surface area contributed by atoms with Gasteiger partial charge in [-0.05, 0) is 57.7 Å². The van der Waals surface area contributed by atoms with Gasteiger partial charge in [0.1, 0.15) is 4.21 Å². The Morgan fingerprint density at radius 1 is 1.29 bits per heavy atom. The third kappa shape index (κ3) is 3.79. The smallest absolute Gasteiger partial charge is 0.271 e. The molecule has 1 aromatic carbocycles. The lowest BCUT2D eigenvalue weighted by atomic mass is 10.1. The highest BCUT2D eigenvalue weighted by Crippen LogP contribution is 2.32. The van der Waals surface area contributed by atoms with Crippen LogP contribution in [0.15, 0.2) is 32.3 Å². The summed E-state index contributed by atoms with van der Waals surface area (Å²) in [6.45, 7) is 2.41. The van der Waals surface area contributed by atoms with Crippen LogP contribution in [0.2, 0.25) is 0 Å². The molecule has 1 aliphatic rings. The van der Waals surface area contributed by atoms with Crippen LogP contribution in [-0.4, -0.2) is 26.3 Å². The van der Waals surface area contributed by atoms with E-state index in [2.05, 4.69) is 20.7 Å². The molecule has 0 fully saturated rings. The maximum absolute atomic E-state index is 12.5. The zero-order valence-corrected chi connectivity index (χ0v) is 15.9. The molecule has 9 heteroatoms. The van der Waals surface area contributed by atoms with Crippen molar-refractivity contribution in [3.63, 3.8) is 0 Å². The number of halogens is 3. The second kappa shape index (κ2) is 6.70. The number of nitrogens with one attached hydrogen (secondary N) is 1. The van der Waals surface area contributed by atoms with E-state index in [0.29, 0.717) is 18.8 Å². The lowest BCUT2D eigenvalue weighted by molar-refractivity contribution is 0.0873. The van der Waals surface area contributed by atoms with Gasteiger partial charge in [0.25, 0.3) is 16.4 Å². The number of nitrogens with zero attached hydrogens (tertiary/aromatic N) is 1.